The van der Waals surface area contributed by atoms with E-state index in [-0.39, 0.29) is 0 Å². The molecule has 2 heterocycles. The number of carbonyl (C=O) groups excluding carboxylic acids is 1. The fourth-order valence-electron chi connectivity index (χ4n) is 2.90. The lowest BCUT2D eigenvalue weighted by atomic mass is 10.2. The maximum absolute atomic E-state index is 12.4. The van der Waals surface area contributed by atoms with Crippen LogP contribution in [0.5, 0.6) is 0 Å². The van der Waals surface area contributed by atoms with Crippen molar-refractivity contribution in [3.8, 4) is 0 Å². The zero-order chi connectivity index (χ0) is 14.4. The van der Waals surface area contributed by atoms with E-state index in [1.807, 2.05) is 16.9 Å². The van der Waals surface area contributed by atoms with Gasteiger partial charge in [0.1, 0.15) is 0 Å². The van der Waals surface area contributed by atoms with Crippen molar-refractivity contribution >= 4 is 5.91 Å². The Hall–Kier alpha value is -1.36. The Morgan fingerprint density at radius 3 is 3.00 bits per heavy atom. The fraction of sp³-hybridized carbons (Fsp3) is 0.733. The molecule has 0 spiro atoms. The summed E-state index contributed by atoms with van der Waals surface area (Å²) in [5, 5.41) is 4.24. The van der Waals surface area contributed by atoms with Crippen molar-refractivity contribution < 1.29 is 4.79 Å². The van der Waals surface area contributed by atoms with Gasteiger partial charge in [0, 0.05) is 31.9 Å². The zero-order valence-corrected chi connectivity index (χ0v) is 12.7. The van der Waals surface area contributed by atoms with E-state index >= 15 is 0 Å². The number of aromatic nitrogens is 2. The van der Waals surface area contributed by atoms with Gasteiger partial charge in [-0.05, 0) is 38.9 Å². The van der Waals surface area contributed by atoms with Crippen molar-refractivity contribution in [2.45, 2.75) is 45.2 Å². The first-order valence-corrected chi connectivity index (χ1v) is 7.66. The molecular formula is C15H26N4O. The van der Waals surface area contributed by atoms with Crippen molar-refractivity contribution in [2.75, 3.05) is 26.7 Å². The minimum Gasteiger partial charge on any atom is -0.338 e. The van der Waals surface area contributed by atoms with E-state index in [9.17, 15) is 4.79 Å². The van der Waals surface area contributed by atoms with E-state index in [2.05, 4.69) is 28.9 Å². The summed E-state index contributed by atoms with van der Waals surface area (Å²) in [6.45, 7) is 5.81. The van der Waals surface area contributed by atoms with Gasteiger partial charge in [0.05, 0.1) is 12.6 Å². The highest BCUT2D eigenvalue weighted by Crippen LogP contribution is 2.19. The first-order chi connectivity index (χ1) is 9.70. The van der Waals surface area contributed by atoms with Gasteiger partial charge in [0.15, 0.2) is 0 Å². The van der Waals surface area contributed by atoms with Crippen LogP contribution in [0.2, 0.25) is 0 Å². The van der Waals surface area contributed by atoms with Gasteiger partial charge in [-0.25, -0.2) is 0 Å². The molecule has 1 saturated heterocycles. The van der Waals surface area contributed by atoms with Gasteiger partial charge in [-0.3, -0.25) is 9.48 Å². The molecule has 0 aliphatic carbocycles. The highest BCUT2D eigenvalue weighted by atomic mass is 16.2. The number of hydrogen-bond donors (Lipinski definition) is 0. The predicted molar refractivity (Wildman–Crippen MR) is 79.4 cm³/mol. The molecule has 0 aromatic carbocycles. The van der Waals surface area contributed by atoms with Gasteiger partial charge in [-0.15, -0.1) is 0 Å². The Bertz CT molecular complexity index is 404. The van der Waals surface area contributed by atoms with Crippen molar-refractivity contribution in [3.05, 3.63) is 18.5 Å². The number of carbonyl (C=O) groups is 1. The molecule has 0 N–H and O–H groups in total. The summed E-state index contributed by atoms with van der Waals surface area (Å²) >= 11 is 0. The molecule has 1 aliphatic rings. The molecule has 1 fully saturated rings. The average Bonchev–Trinajstić information content (AvgIpc) is 3.08. The summed E-state index contributed by atoms with van der Waals surface area (Å²) in [6.07, 6.45) is 7.73. The summed E-state index contributed by atoms with van der Waals surface area (Å²) in [5.41, 5.74) is 0. The quantitative estimate of drug-likeness (QED) is 0.761. The molecule has 0 radical (unpaired) electrons. The van der Waals surface area contributed by atoms with Gasteiger partial charge in [-0.2, -0.15) is 5.10 Å². The molecule has 1 atom stereocenters. The third kappa shape index (κ3) is 4.07. The van der Waals surface area contributed by atoms with E-state index in [0.29, 0.717) is 18.4 Å². The first-order valence-electron chi connectivity index (χ1n) is 7.66. The Morgan fingerprint density at radius 1 is 1.45 bits per heavy atom. The van der Waals surface area contributed by atoms with E-state index in [1.54, 1.807) is 6.20 Å². The average molecular weight is 278 g/mol. The van der Waals surface area contributed by atoms with Gasteiger partial charge in [-0.1, -0.05) is 6.92 Å². The lowest BCUT2D eigenvalue weighted by Gasteiger charge is -2.26. The predicted octanol–water partition coefficient (Wildman–Crippen LogP) is 1.61. The van der Waals surface area contributed by atoms with E-state index in [1.165, 1.54) is 0 Å². The summed E-state index contributed by atoms with van der Waals surface area (Å²) in [4.78, 5) is 16.7. The van der Waals surface area contributed by atoms with Crippen LogP contribution < -0.4 is 0 Å². The van der Waals surface area contributed by atoms with Gasteiger partial charge in [0.25, 0.3) is 0 Å². The fourth-order valence-corrected chi connectivity index (χ4v) is 2.90. The van der Waals surface area contributed by atoms with Crippen LogP contribution in [0.3, 0.4) is 0 Å². The number of hydrogen-bond acceptors (Lipinski definition) is 3. The number of rotatable bonds is 7. The molecule has 2 rings (SSSR count). The third-order valence-electron chi connectivity index (χ3n) is 3.97. The highest BCUT2D eigenvalue weighted by Gasteiger charge is 2.28. The minimum absolute atomic E-state index is 0.294. The topological polar surface area (TPSA) is 41.4 Å². The maximum Gasteiger partial charge on any atom is 0.224 e. The molecule has 1 aromatic rings. The normalized spacial score (nSPS) is 18.9. The van der Waals surface area contributed by atoms with Crippen LogP contribution in [0, 0.1) is 0 Å². The monoisotopic (exact) mass is 278 g/mol. The molecule has 5 heteroatoms. The van der Waals surface area contributed by atoms with Crippen molar-refractivity contribution in [2.24, 2.45) is 0 Å². The van der Waals surface area contributed by atoms with E-state index < -0.39 is 0 Å². The Morgan fingerprint density at radius 2 is 2.30 bits per heavy atom. The second-order valence-electron chi connectivity index (χ2n) is 5.66. The molecule has 0 saturated carbocycles. The molecule has 112 valence electrons. The second kappa shape index (κ2) is 7.43. The van der Waals surface area contributed by atoms with Crippen LogP contribution in [0.25, 0.3) is 0 Å². The van der Waals surface area contributed by atoms with E-state index in [4.69, 9.17) is 0 Å². The molecule has 0 bridgehead atoms. The van der Waals surface area contributed by atoms with E-state index in [0.717, 1.165) is 45.4 Å². The standard InChI is InChI=1S/C15H26N4O/c1-3-9-17(2)12-7-15(20)19-11-4-6-14(19)13-18-10-5-8-16-18/h5,8,10,14H,3-4,6-7,9,11-13H2,1-2H3/t14-/m0/s1. The first kappa shape index (κ1) is 15.0. The van der Waals surface area contributed by atoms with Gasteiger partial charge >= 0.3 is 0 Å². The smallest absolute Gasteiger partial charge is 0.224 e. The largest absolute Gasteiger partial charge is 0.338 e. The van der Waals surface area contributed by atoms with Crippen molar-refractivity contribution in [1.29, 1.82) is 0 Å². The number of likely N-dealkylation sites (tertiary alicyclic amines) is 1. The van der Waals surface area contributed by atoms with Crippen molar-refractivity contribution in [3.63, 3.8) is 0 Å². The SMILES string of the molecule is CCCN(C)CCC(=O)N1CCC[C@H]1Cn1cccn1. The lowest BCUT2D eigenvalue weighted by molar-refractivity contribution is -0.132. The van der Waals surface area contributed by atoms with Crippen LogP contribution in [-0.4, -0.2) is 58.2 Å². The molecule has 20 heavy (non-hydrogen) atoms. The summed E-state index contributed by atoms with van der Waals surface area (Å²) in [7, 11) is 2.09. The Balaban J connectivity index is 1.82. The molecule has 0 unspecified atom stereocenters. The molecule has 5 nitrogen and oxygen atoms in total. The highest BCUT2D eigenvalue weighted by molar-refractivity contribution is 5.77. The lowest BCUT2D eigenvalue weighted by Crippen LogP contribution is -2.39. The molecular weight excluding hydrogens is 252 g/mol. The van der Waals surface area contributed by atoms with Gasteiger partial charge < -0.3 is 9.80 Å². The molecule has 1 amide bonds. The van der Waals surface area contributed by atoms with Crippen LogP contribution in [0.1, 0.15) is 32.6 Å². The molecule has 1 aromatic heterocycles. The molecule has 1 aliphatic heterocycles. The maximum atomic E-state index is 12.4. The Kier molecular flexibility index (Phi) is 5.59. The van der Waals surface area contributed by atoms with Crippen molar-refractivity contribution in [1.82, 2.24) is 19.6 Å². The van der Waals surface area contributed by atoms with Crippen LogP contribution >= 0.6 is 0 Å². The van der Waals surface area contributed by atoms with Crippen LogP contribution in [-0.2, 0) is 11.3 Å². The summed E-state index contributed by atoms with van der Waals surface area (Å²) in [5.74, 6) is 0.294. The third-order valence-corrected chi connectivity index (χ3v) is 3.97. The number of amides is 1. The second-order valence-corrected chi connectivity index (χ2v) is 5.66. The van der Waals surface area contributed by atoms with Crippen LogP contribution in [0.15, 0.2) is 18.5 Å². The number of nitrogens with zero attached hydrogens (tertiary/aromatic N) is 4. The summed E-state index contributed by atoms with van der Waals surface area (Å²) < 4.78 is 1.93. The minimum atomic E-state index is 0.294. The van der Waals surface area contributed by atoms with Gasteiger partial charge in [0.2, 0.25) is 5.91 Å². The van der Waals surface area contributed by atoms with Crippen LogP contribution in [0.4, 0.5) is 0 Å². The summed E-state index contributed by atoms with van der Waals surface area (Å²) in [6, 6.07) is 2.25. The zero-order valence-electron chi connectivity index (χ0n) is 12.7. The Labute approximate surface area is 121 Å².